The maximum atomic E-state index is 11.5. The average Bonchev–Trinajstić information content (AvgIpc) is 2.57. The summed E-state index contributed by atoms with van der Waals surface area (Å²) in [5.74, 6) is -0.0872. The molecular formula is C12H15N3OS. The molecule has 1 amide bonds. The molecule has 17 heavy (non-hydrogen) atoms. The molecule has 3 N–H and O–H groups in total. The minimum Gasteiger partial charge on any atom is -0.327 e. The Balaban J connectivity index is 2.17. The van der Waals surface area contributed by atoms with Crippen LogP contribution in [0.25, 0.3) is 10.2 Å². The van der Waals surface area contributed by atoms with Crippen molar-refractivity contribution in [2.45, 2.75) is 26.3 Å². The lowest BCUT2D eigenvalue weighted by atomic mass is 10.2. The third-order valence-corrected chi connectivity index (χ3v) is 3.23. The molecule has 0 aliphatic carbocycles. The molecule has 0 fully saturated rings. The summed E-state index contributed by atoms with van der Waals surface area (Å²) in [6, 6.07) is 5.90. The molecule has 5 heteroatoms. The zero-order chi connectivity index (χ0) is 12.4. The van der Waals surface area contributed by atoms with E-state index in [1.165, 1.54) is 16.9 Å². The first-order chi connectivity index (χ1) is 8.04. The van der Waals surface area contributed by atoms with Crippen molar-refractivity contribution in [3.05, 3.63) is 23.8 Å². The van der Waals surface area contributed by atoms with Crippen LogP contribution in [0.2, 0.25) is 0 Å². The molecular weight excluding hydrogens is 234 g/mol. The van der Waals surface area contributed by atoms with E-state index in [0.29, 0.717) is 11.6 Å². The van der Waals surface area contributed by atoms with Crippen molar-refractivity contribution in [3.63, 3.8) is 0 Å². The number of fused-ring (bicyclic) bond motifs is 1. The van der Waals surface area contributed by atoms with Gasteiger partial charge in [0.15, 0.2) is 5.13 Å². The van der Waals surface area contributed by atoms with Crippen LogP contribution in [0.3, 0.4) is 0 Å². The van der Waals surface area contributed by atoms with Gasteiger partial charge in [-0.1, -0.05) is 17.4 Å². The number of nitrogens with one attached hydrogen (secondary N) is 1. The van der Waals surface area contributed by atoms with E-state index in [9.17, 15) is 4.79 Å². The molecule has 2 aromatic rings. The number of hydrogen-bond donors (Lipinski definition) is 2. The number of benzene rings is 1. The maximum absolute atomic E-state index is 11.5. The Hall–Kier alpha value is -1.46. The molecule has 90 valence electrons. The van der Waals surface area contributed by atoms with Crippen molar-refractivity contribution in [1.82, 2.24) is 4.98 Å². The minimum atomic E-state index is -0.133. The summed E-state index contributed by atoms with van der Waals surface area (Å²) in [6.45, 7) is 3.84. The predicted octanol–water partition coefficient (Wildman–Crippen LogP) is 2.28. The number of nitrogens with zero attached hydrogens (tertiary/aromatic N) is 1. The highest BCUT2D eigenvalue weighted by Crippen LogP contribution is 2.26. The molecule has 1 aromatic heterocycles. The third-order valence-electron chi connectivity index (χ3n) is 2.30. The van der Waals surface area contributed by atoms with Gasteiger partial charge in [-0.15, -0.1) is 0 Å². The number of amides is 1. The smallest absolute Gasteiger partial charge is 0.227 e. The van der Waals surface area contributed by atoms with Gasteiger partial charge in [-0.25, -0.2) is 4.98 Å². The highest BCUT2D eigenvalue weighted by molar-refractivity contribution is 7.22. The van der Waals surface area contributed by atoms with E-state index < -0.39 is 0 Å². The van der Waals surface area contributed by atoms with E-state index in [-0.39, 0.29) is 11.9 Å². The number of carbonyl (C=O) groups is 1. The molecule has 1 unspecified atom stereocenters. The van der Waals surface area contributed by atoms with E-state index in [1.54, 1.807) is 6.92 Å². The van der Waals surface area contributed by atoms with Crippen LogP contribution in [-0.4, -0.2) is 16.9 Å². The molecule has 1 heterocycles. The average molecular weight is 249 g/mol. The van der Waals surface area contributed by atoms with Crippen LogP contribution in [0.15, 0.2) is 18.2 Å². The summed E-state index contributed by atoms with van der Waals surface area (Å²) in [5, 5.41) is 3.41. The summed E-state index contributed by atoms with van der Waals surface area (Å²) in [5.41, 5.74) is 7.67. The minimum absolute atomic E-state index is 0.0872. The molecule has 0 saturated heterocycles. The van der Waals surface area contributed by atoms with Crippen LogP contribution in [-0.2, 0) is 4.79 Å². The van der Waals surface area contributed by atoms with E-state index >= 15 is 0 Å². The number of nitrogens with two attached hydrogens (primary N) is 1. The highest BCUT2D eigenvalue weighted by Gasteiger charge is 2.09. The van der Waals surface area contributed by atoms with Crippen LogP contribution in [0.1, 0.15) is 18.9 Å². The van der Waals surface area contributed by atoms with Crippen molar-refractivity contribution < 1.29 is 4.79 Å². The fourth-order valence-corrected chi connectivity index (χ4v) is 2.53. The second-order valence-corrected chi connectivity index (χ2v) is 5.25. The topological polar surface area (TPSA) is 68.0 Å². The van der Waals surface area contributed by atoms with Gasteiger partial charge >= 0.3 is 0 Å². The first kappa shape index (κ1) is 12.0. The van der Waals surface area contributed by atoms with Gasteiger partial charge in [-0.2, -0.15) is 0 Å². The van der Waals surface area contributed by atoms with Gasteiger partial charge in [0, 0.05) is 12.5 Å². The van der Waals surface area contributed by atoms with Gasteiger partial charge in [0.25, 0.3) is 0 Å². The Labute approximate surface area is 104 Å². The molecule has 0 aliphatic rings. The molecule has 1 aromatic carbocycles. The van der Waals surface area contributed by atoms with Crippen molar-refractivity contribution in [2.75, 3.05) is 5.32 Å². The van der Waals surface area contributed by atoms with Crippen LogP contribution in [0.4, 0.5) is 5.13 Å². The summed E-state index contributed by atoms with van der Waals surface area (Å²) >= 11 is 1.48. The SMILES string of the molecule is Cc1ccc2nc(NC(=O)CC(C)N)sc2c1. The van der Waals surface area contributed by atoms with Crippen molar-refractivity contribution in [3.8, 4) is 0 Å². The van der Waals surface area contributed by atoms with E-state index in [1.807, 2.05) is 19.1 Å². The molecule has 0 bridgehead atoms. The summed E-state index contributed by atoms with van der Waals surface area (Å²) in [6.07, 6.45) is 0.314. The number of hydrogen-bond acceptors (Lipinski definition) is 4. The number of anilines is 1. The summed E-state index contributed by atoms with van der Waals surface area (Å²) in [4.78, 5) is 15.9. The molecule has 2 rings (SSSR count). The quantitative estimate of drug-likeness (QED) is 0.877. The standard InChI is InChI=1S/C12H15N3OS/c1-7-3-4-9-10(5-7)17-12(14-9)15-11(16)6-8(2)13/h3-5,8H,6,13H2,1-2H3,(H,14,15,16). The largest absolute Gasteiger partial charge is 0.327 e. The molecule has 1 atom stereocenters. The third kappa shape index (κ3) is 3.01. The van der Waals surface area contributed by atoms with Gasteiger partial charge in [0.1, 0.15) is 0 Å². The Kier molecular flexibility index (Phi) is 3.40. The van der Waals surface area contributed by atoms with Crippen molar-refractivity contribution in [2.24, 2.45) is 5.73 Å². The maximum Gasteiger partial charge on any atom is 0.227 e. The number of aromatic nitrogens is 1. The van der Waals surface area contributed by atoms with E-state index in [0.717, 1.165) is 10.2 Å². The first-order valence-electron chi connectivity index (χ1n) is 5.47. The van der Waals surface area contributed by atoms with Gasteiger partial charge in [0.2, 0.25) is 5.91 Å². The molecule has 0 spiro atoms. The number of aryl methyl sites for hydroxylation is 1. The van der Waals surface area contributed by atoms with Gasteiger partial charge in [0.05, 0.1) is 10.2 Å². The Bertz CT molecular complexity index is 548. The van der Waals surface area contributed by atoms with Crippen LogP contribution in [0.5, 0.6) is 0 Å². The lowest BCUT2D eigenvalue weighted by Gasteiger charge is -2.03. The lowest BCUT2D eigenvalue weighted by Crippen LogP contribution is -2.23. The molecule has 0 saturated carbocycles. The first-order valence-corrected chi connectivity index (χ1v) is 6.29. The normalized spacial score (nSPS) is 12.6. The van der Waals surface area contributed by atoms with Gasteiger partial charge in [-0.05, 0) is 31.5 Å². The fraction of sp³-hybridized carbons (Fsp3) is 0.333. The van der Waals surface area contributed by atoms with E-state index in [4.69, 9.17) is 5.73 Å². The van der Waals surface area contributed by atoms with Crippen LogP contribution in [0, 0.1) is 6.92 Å². The fourth-order valence-electron chi connectivity index (χ4n) is 1.55. The van der Waals surface area contributed by atoms with Crippen molar-refractivity contribution in [1.29, 1.82) is 0 Å². The monoisotopic (exact) mass is 249 g/mol. The van der Waals surface area contributed by atoms with Crippen LogP contribution < -0.4 is 11.1 Å². The van der Waals surface area contributed by atoms with Gasteiger partial charge in [-0.3, -0.25) is 4.79 Å². The van der Waals surface area contributed by atoms with Crippen LogP contribution >= 0.6 is 11.3 Å². The van der Waals surface area contributed by atoms with E-state index in [2.05, 4.69) is 16.4 Å². The number of thiazole rings is 1. The molecule has 0 aliphatic heterocycles. The second kappa shape index (κ2) is 4.81. The molecule has 4 nitrogen and oxygen atoms in total. The number of carbonyl (C=O) groups excluding carboxylic acids is 1. The Morgan fingerprint density at radius 2 is 2.35 bits per heavy atom. The summed E-state index contributed by atoms with van der Waals surface area (Å²) < 4.78 is 1.08. The molecule has 0 radical (unpaired) electrons. The predicted molar refractivity (Wildman–Crippen MR) is 71.3 cm³/mol. The lowest BCUT2D eigenvalue weighted by molar-refractivity contribution is -0.116. The second-order valence-electron chi connectivity index (χ2n) is 4.22. The Morgan fingerprint density at radius 1 is 1.59 bits per heavy atom. The highest BCUT2D eigenvalue weighted by atomic mass is 32.1. The zero-order valence-electron chi connectivity index (χ0n) is 9.86. The Morgan fingerprint density at radius 3 is 3.06 bits per heavy atom. The zero-order valence-corrected chi connectivity index (χ0v) is 10.7. The number of rotatable bonds is 3. The van der Waals surface area contributed by atoms with Crippen molar-refractivity contribution >= 4 is 32.6 Å². The summed E-state index contributed by atoms with van der Waals surface area (Å²) in [7, 11) is 0. The van der Waals surface area contributed by atoms with Gasteiger partial charge < -0.3 is 11.1 Å².